The fourth-order valence-electron chi connectivity index (χ4n) is 1.44. The van der Waals surface area contributed by atoms with Crippen molar-refractivity contribution in [3.05, 3.63) is 32.2 Å². The zero-order valence-electron chi connectivity index (χ0n) is 9.48. The zero-order valence-corrected chi connectivity index (χ0v) is 12.4. The van der Waals surface area contributed by atoms with Gasteiger partial charge in [0.05, 0.1) is 14.6 Å². The number of nitrogens with one attached hydrogen (secondary N) is 1. The Bertz CT molecular complexity index is 532. The Labute approximate surface area is 117 Å². The molecule has 2 aromatic rings. The Morgan fingerprint density at radius 2 is 2.35 bits per heavy atom. The van der Waals surface area contributed by atoms with Gasteiger partial charge in [0.15, 0.2) is 0 Å². The van der Waals surface area contributed by atoms with Gasteiger partial charge in [0.25, 0.3) is 5.91 Å². The molecule has 0 saturated carbocycles. The molecule has 0 aliphatic heterocycles. The number of aromatic nitrogens is 2. The van der Waals surface area contributed by atoms with Crippen LogP contribution in [0.2, 0.25) is 0 Å². The number of carbonyl (C=O) groups excluding carboxylic acids is 1. The molecule has 0 saturated heterocycles. The van der Waals surface area contributed by atoms with Crippen molar-refractivity contribution < 1.29 is 4.79 Å². The minimum atomic E-state index is -0.0911. The van der Waals surface area contributed by atoms with Crippen molar-refractivity contribution in [2.24, 2.45) is 0 Å². The van der Waals surface area contributed by atoms with Gasteiger partial charge in [-0.15, -0.1) is 11.3 Å². The van der Waals surface area contributed by atoms with Crippen LogP contribution in [0.5, 0.6) is 0 Å². The highest BCUT2D eigenvalue weighted by atomic mass is 127. The molecule has 0 spiro atoms. The highest BCUT2D eigenvalue weighted by Crippen LogP contribution is 2.19. The quantitative estimate of drug-likeness (QED) is 0.852. The standard InChI is InChI=1S/C11H12IN3OS/c1-7(2)15-10(3-4-13-15)14-11(16)8-5-9(12)17-6-8/h3-7H,1-2H3,(H,14,16). The van der Waals surface area contributed by atoms with Crippen LogP contribution in [0.25, 0.3) is 0 Å². The summed E-state index contributed by atoms with van der Waals surface area (Å²) >= 11 is 3.76. The first kappa shape index (κ1) is 12.6. The molecule has 90 valence electrons. The summed E-state index contributed by atoms with van der Waals surface area (Å²) in [5.41, 5.74) is 0.691. The Morgan fingerprint density at radius 1 is 1.59 bits per heavy atom. The van der Waals surface area contributed by atoms with Crippen LogP contribution in [0.15, 0.2) is 23.7 Å². The third-order valence-corrected chi connectivity index (χ3v) is 4.02. The normalized spacial score (nSPS) is 10.8. The van der Waals surface area contributed by atoms with E-state index in [1.165, 1.54) is 0 Å². The molecule has 0 unspecified atom stereocenters. The van der Waals surface area contributed by atoms with Crippen LogP contribution >= 0.6 is 33.9 Å². The zero-order chi connectivity index (χ0) is 12.4. The first-order valence-corrected chi connectivity index (χ1v) is 7.12. The molecule has 0 aliphatic rings. The van der Waals surface area contributed by atoms with Gasteiger partial charge in [0, 0.05) is 17.5 Å². The Hall–Kier alpha value is -0.890. The maximum absolute atomic E-state index is 12.0. The average Bonchev–Trinajstić information content (AvgIpc) is 2.86. The SMILES string of the molecule is CC(C)n1nccc1NC(=O)c1csc(I)c1. The lowest BCUT2D eigenvalue weighted by Gasteiger charge is -2.11. The Morgan fingerprint density at radius 3 is 2.94 bits per heavy atom. The monoisotopic (exact) mass is 361 g/mol. The first-order chi connectivity index (χ1) is 8.08. The fourth-order valence-corrected chi connectivity index (χ4v) is 2.77. The van der Waals surface area contributed by atoms with Crippen molar-refractivity contribution in [2.45, 2.75) is 19.9 Å². The van der Waals surface area contributed by atoms with Crippen molar-refractivity contribution in [2.75, 3.05) is 5.32 Å². The maximum Gasteiger partial charge on any atom is 0.257 e. The largest absolute Gasteiger partial charge is 0.307 e. The second-order valence-electron chi connectivity index (χ2n) is 3.85. The number of rotatable bonds is 3. The number of halogens is 1. The molecule has 0 atom stereocenters. The molecule has 2 rings (SSSR count). The van der Waals surface area contributed by atoms with Crippen molar-refractivity contribution in [1.29, 1.82) is 0 Å². The predicted octanol–water partition coefficient (Wildman–Crippen LogP) is 3.38. The lowest BCUT2D eigenvalue weighted by atomic mass is 10.3. The third kappa shape index (κ3) is 2.86. The number of hydrogen-bond donors (Lipinski definition) is 1. The number of nitrogens with zero attached hydrogens (tertiary/aromatic N) is 2. The van der Waals surface area contributed by atoms with Gasteiger partial charge in [-0.05, 0) is 42.5 Å². The van der Waals surface area contributed by atoms with Crippen molar-refractivity contribution >= 4 is 45.7 Å². The molecule has 2 heterocycles. The van der Waals surface area contributed by atoms with Gasteiger partial charge in [0.1, 0.15) is 5.82 Å². The van der Waals surface area contributed by atoms with Gasteiger partial charge < -0.3 is 5.32 Å². The van der Waals surface area contributed by atoms with Gasteiger partial charge in [-0.25, -0.2) is 4.68 Å². The third-order valence-electron chi connectivity index (χ3n) is 2.23. The van der Waals surface area contributed by atoms with Crippen LogP contribution in [-0.4, -0.2) is 15.7 Å². The summed E-state index contributed by atoms with van der Waals surface area (Å²) in [4.78, 5) is 12.0. The fraction of sp³-hybridized carbons (Fsp3) is 0.273. The number of hydrogen-bond acceptors (Lipinski definition) is 3. The van der Waals surface area contributed by atoms with Gasteiger partial charge >= 0.3 is 0 Å². The molecule has 0 radical (unpaired) electrons. The molecule has 0 bridgehead atoms. The molecule has 1 N–H and O–H groups in total. The number of thiophene rings is 1. The summed E-state index contributed by atoms with van der Waals surface area (Å²) < 4.78 is 2.89. The van der Waals surface area contributed by atoms with E-state index in [-0.39, 0.29) is 11.9 Å². The summed E-state index contributed by atoms with van der Waals surface area (Å²) in [6.45, 7) is 4.05. The number of carbonyl (C=O) groups is 1. The predicted molar refractivity (Wildman–Crippen MR) is 77.6 cm³/mol. The van der Waals surface area contributed by atoms with E-state index >= 15 is 0 Å². The highest BCUT2D eigenvalue weighted by Gasteiger charge is 2.12. The van der Waals surface area contributed by atoms with E-state index in [0.29, 0.717) is 5.56 Å². The van der Waals surface area contributed by atoms with Crippen LogP contribution in [0, 0.1) is 2.88 Å². The smallest absolute Gasteiger partial charge is 0.257 e. The van der Waals surface area contributed by atoms with Gasteiger partial charge in [-0.2, -0.15) is 5.10 Å². The van der Waals surface area contributed by atoms with E-state index < -0.39 is 0 Å². The van der Waals surface area contributed by atoms with Crippen LogP contribution in [0.3, 0.4) is 0 Å². The topological polar surface area (TPSA) is 46.9 Å². The van der Waals surface area contributed by atoms with Crippen molar-refractivity contribution in [3.63, 3.8) is 0 Å². The Balaban J connectivity index is 2.16. The first-order valence-electron chi connectivity index (χ1n) is 5.17. The molecule has 0 fully saturated rings. The summed E-state index contributed by atoms with van der Waals surface area (Å²) in [5.74, 6) is 0.637. The highest BCUT2D eigenvalue weighted by molar-refractivity contribution is 14.1. The minimum Gasteiger partial charge on any atom is -0.307 e. The van der Waals surface area contributed by atoms with E-state index in [0.717, 1.165) is 8.70 Å². The summed E-state index contributed by atoms with van der Waals surface area (Å²) in [6.07, 6.45) is 1.69. The summed E-state index contributed by atoms with van der Waals surface area (Å²) in [5, 5.41) is 8.89. The lowest BCUT2D eigenvalue weighted by Crippen LogP contribution is -2.16. The van der Waals surface area contributed by atoms with Crippen molar-refractivity contribution in [3.8, 4) is 0 Å². The molecule has 4 nitrogen and oxygen atoms in total. The average molecular weight is 361 g/mol. The Kier molecular flexibility index (Phi) is 3.82. The summed E-state index contributed by atoms with van der Waals surface area (Å²) in [6, 6.07) is 3.90. The molecular weight excluding hydrogens is 349 g/mol. The van der Waals surface area contributed by atoms with Gasteiger partial charge in [0.2, 0.25) is 0 Å². The molecule has 2 aromatic heterocycles. The van der Waals surface area contributed by atoms with Crippen LogP contribution in [-0.2, 0) is 0 Å². The molecular formula is C11H12IN3OS. The van der Waals surface area contributed by atoms with E-state index in [4.69, 9.17) is 0 Å². The second kappa shape index (κ2) is 5.18. The molecule has 1 amide bonds. The van der Waals surface area contributed by atoms with Crippen LogP contribution in [0.4, 0.5) is 5.82 Å². The van der Waals surface area contributed by atoms with E-state index in [1.54, 1.807) is 28.3 Å². The summed E-state index contributed by atoms with van der Waals surface area (Å²) in [7, 11) is 0. The lowest BCUT2D eigenvalue weighted by molar-refractivity contribution is 0.102. The van der Waals surface area contributed by atoms with Gasteiger partial charge in [-0.3, -0.25) is 4.79 Å². The molecule has 0 aliphatic carbocycles. The van der Waals surface area contributed by atoms with Crippen molar-refractivity contribution in [1.82, 2.24) is 9.78 Å². The minimum absolute atomic E-state index is 0.0911. The maximum atomic E-state index is 12.0. The van der Waals surface area contributed by atoms with E-state index in [2.05, 4.69) is 33.0 Å². The molecule has 6 heteroatoms. The second-order valence-corrected chi connectivity index (χ2v) is 6.65. The van der Waals surface area contributed by atoms with E-state index in [9.17, 15) is 4.79 Å². The van der Waals surface area contributed by atoms with Crippen LogP contribution in [0.1, 0.15) is 30.2 Å². The number of amides is 1. The van der Waals surface area contributed by atoms with Gasteiger partial charge in [-0.1, -0.05) is 0 Å². The van der Waals surface area contributed by atoms with E-state index in [1.807, 2.05) is 25.3 Å². The van der Waals surface area contributed by atoms with Crippen LogP contribution < -0.4 is 5.32 Å². The number of anilines is 1. The molecule has 17 heavy (non-hydrogen) atoms. The molecule has 0 aromatic carbocycles.